The molecule has 3 fully saturated rings. The standard InChI is InChI=1S/C29H37N7O2/c1-34-14-5-8-23(34)19-38-28-32-25-16-29(17-26(37)36(20-29)22-6-3-2-4-7-22)11-9-24(25)27(33-28)35-15-13-31-21(18-35)10-12-30/h2-4,6-7,21,23,31H,5,8-11,13-20H2,1H3/t21-,23-,29?/m0/s1. The number of rotatable bonds is 6. The van der Waals surface area contributed by atoms with Gasteiger partial charge >= 0.3 is 6.01 Å². The molecule has 9 nitrogen and oxygen atoms in total. The smallest absolute Gasteiger partial charge is 0.318 e. The van der Waals surface area contributed by atoms with E-state index in [2.05, 4.69) is 28.2 Å². The third-order valence-electron chi connectivity index (χ3n) is 8.86. The van der Waals surface area contributed by atoms with Gasteiger partial charge in [-0.3, -0.25) is 4.79 Å². The number of hydrogen-bond donors (Lipinski definition) is 1. The summed E-state index contributed by atoms with van der Waals surface area (Å²) in [6.07, 6.45) is 5.87. The fourth-order valence-electron chi connectivity index (χ4n) is 6.71. The molecule has 3 aliphatic heterocycles. The average molecular weight is 516 g/mol. The molecule has 3 saturated heterocycles. The Hall–Kier alpha value is -3.22. The Labute approximate surface area is 224 Å². The third kappa shape index (κ3) is 4.95. The number of nitriles is 1. The number of para-hydroxylation sites is 1. The normalized spacial score (nSPS) is 27.5. The molecule has 0 radical (unpaired) electrons. The summed E-state index contributed by atoms with van der Waals surface area (Å²) in [6, 6.07) is 13.2. The number of amides is 1. The van der Waals surface area contributed by atoms with Crippen molar-refractivity contribution >= 4 is 17.4 Å². The van der Waals surface area contributed by atoms with E-state index >= 15 is 0 Å². The highest BCUT2D eigenvalue weighted by atomic mass is 16.5. The van der Waals surface area contributed by atoms with Crippen molar-refractivity contribution in [2.45, 2.75) is 57.0 Å². The van der Waals surface area contributed by atoms with Gasteiger partial charge in [0.15, 0.2) is 0 Å². The van der Waals surface area contributed by atoms with E-state index in [-0.39, 0.29) is 17.4 Å². The predicted molar refractivity (Wildman–Crippen MR) is 145 cm³/mol. The van der Waals surface area contributed by atoms with Crippen molar-refractivity contribution in [3.8, 4) is 12.1 Å². The minimum atomic E-state index is -0.124. The quantitative estimate of drug-likeness (QED) is 0.627. The number of nitrogens with zero attached hydrogens (tertiary/aromatic N) is 6. The Morgan fingerprint density at radius 3 is 2.87 bits per heavy atom. The number of benzene rings is 1. The van der Waals surface area contributed by atoms with Gasteiger partial charge in [0.25, 0.3) is 0 Å². The van der Waals surface area contributed by atoms with E-state index < -0.39 is 0 Å². The summed E-state index contributed by atoms with van der Waals surface area (Å²) in [6.45, 7) is 4.79. The molecule has 0 bridgehead atoms. The summed E-state index contributed by atoms with van der Waals surface area (Å²) in [4.78, 5) is 29.7. The highest BCUT2D eigenvalue weighted by molar-refractivity contribution is 5.96. The van der Waals surface area contributed by atoms with Gasteiger partial charge < -0.3 is 24.8 Å². The van der Waals surface area contributed by atoms with Crippen molar-refractivity contribution in [2.75, 3.05) is 56.2 Å². The zero-order valence-corrected chi connectivity index (χ0v) is 22.2. The lowest BCUT2D eigenvalue weighted by Gasteiger charge is -2.38. The van der Waals surface area contributed by atoms with Crippen LogP contribution in [0.4, 0.5) is 11.5 Å². The van der Waals surface area contributed by atoms with Gasteiger partial charge in [-0.15, -0.1) is 0 Å². The van der Waals surface area contributed by atoms with Crippen molar-refractivity contribution in [2.24, 2.45) is 5.41 Å². The zero-order chi connectivity index (χ0) is 26.1. The Morgan fingerprint density at radius 1 is 1.21 bits per heavy atom. The highest BCUT2D eigenvalue weighted by Gasteiger charge is 2.47. The fourth-order valence-corrected chi connectivity index (χ4v) is 6.71. The van der Waals surface area contributed by atoms with Crippen LogP contribution in [0.5, 0.6) is 6.01 Å². The fraction of sp³-hybridized carbons (Fsp3) is 0.586. The molecule has 1 aliphatic carbocycles. The molecule has 6 rings (SSSR count). The molecule has 2 aromatic rings. The molecule has 0 saturated carbocycles. The molecule has 1 spiro atoms. The summed E-state index contributed by atoms with van der Waals surface area (Å²) < 4.78 is 6.26. The molecule has 1 unspecified atom stereocenters. The Kier molecular flexibility index (Phi) is 6.93. The van der Waals surface area contributed by atoms with Crippen LogP contribution in [0.2, 0.25) is 0 Å². The second kappa shape index (κ2) is 10.5. The van der Waals surface area contributed by atoms with E-state index in [1.165, 1.54) is 12.0 Å². The van der Waals surface area contributed by atoms with Crippen LogP contribution in [0.25, 0.3) is 0 Å². The molecule has 3 atom stereocenters. The van der Waals surface area contributed by atoms with Crippen LogP contribution in [-0.2, 0) is 17.6 Å². The van der Waals surface area contributed by atoms with E-state index in [4.69, 9.17) is 14.7 Å². The van der Waals surface area contributed by atoms with E-state index in [9.17, 15) is 10.1 Å². The number of nitrogens with one attached hydrogen (secondary N) is 1. The lowest BCUT2D eigenvalue weighted by Crippen LogP contribution is -2.51. The summed E-state index contributed by atoms with van der Waals surface area (Å²) >= 11 is 0. The molecular formula is C29H37N7O2. The lowest BCUT2D eigenvalue weighted by molar-refractivity contribution is -0.117. The lowest BCUT2D eigenvalue weighted by atomic mass is 9.72. The second-order valence-electron chi connectivity index (χ2n) is 11.5. The molecule has 9 heteroatoms. The van der Waals surface area contributed by atoms with E-state index in [1.54, 1.807) is 0 Å². The first-order chi connectivity index (χ1) is 18.5. The number of carbonyl (C=O) groups excluding carboxylic acids is 1. The van der Waals surface area contributed by atoms with Gasteiger partial charge in [-0.25, -0.2) is 0 Å². The minimum Gasteiger partial charge on any atom is -0.462 e. The monoisotopic (exact) mass is 515 g/mol. The molecule has 38 heavy (non-hydrogen) atoms. The molecule has 4 heterocycles. The third-order valence-corrected chi connectivity index (χ3v) is 8.86. The Balaban J connectivity index is 1.29. The number of hydrogen-bond acceptors (Lipinski definition) is 8. The van der Waals surface area contributed by atoms with Crippen molar-refractivity contribution in [3.63, 3.8) is 0 Å². The molecule has 1 aromatic heterocycles. The number of anilines is 2. The number of carbonyl (C=O) groups is 1. The summed E-state index contributed by atoms with van der Waals surface area (Å²) in [7, 11) is 2.15. The number of ether oxygens (including phenoxy) is 1. The molecule has 1 aromatic carbocycles. The number of likely N-dealkylation sites (N-methyl/N-ethyl adjacent to an activating group) is 1. The maximum atomic E-state index is 13.1. The summed E-state index contributed by atoms with van der Waals surface area (Å²) in [5, 5.41) is 12.7. The van der Waals surface area contributed by atoms with Crippen LogP contribution in [0.3, 0.4) is 0 Å². The minimum absolute atomic E-state index is 0.123. The molecular weight excluding hydrogens is 478 g/mol. The van der Waals surface area contributed by atoms with Gasteiger partial charge in [-0.05, 0) is 57.8 Å². The Morgan fingerprint density at radius 2 is 2.08 bits per heavy atom. The molecule has 4 aliphatic rings. The number of fused-ring (bicyclic) bond motifs is 1. The van der Waals surface area contributed by atoms with Gasteiger partial charge in [-0.1, -0.05) is 18.2 Å². The maximum absolute atomic E-state index is 13.1. The van der Waals surface area contributed by atoms with Crippen molar-refractivity contribution < 1.29 is 9.53 Å². The van der Waals surface area contributed by atoms with Crippen LogP contribution >= 0.6 is 0 Å². The van der Waals surface area contributed by atoms with Crippen molar-refractivity contribution in [1.29, 1.82) is 5.26 Å². The topological polar surface area (TPSA) is 97.6 Å². The average Bonchev–Trinajstić information content (AvgIpc) is 3.49. The molecule has 200 valence electrons. The van der Waals surface area contributed by atoms with Crippen LogP contribution in [0.15, 0.2) is 30.3 Å². The van der Waals surface area contributed by atoms with Gasteiger partial charge in [0.2, 0.25) is 5.91 Å². The van der Waals surface area contributed by atoms with E-state index in [0.29, 0.717) is 31.5 Å². The highest BCUT2D eigenvalue weighted by Crippen LogP contribution is 2.46. The largest absolute Gasteiger partial charge is 0.462 e. The van der Waals surface area contributed by atoms with Crippen molar-refractivity contribution in [3.05, 3.63) is 41.6 Å². The first-order valence-electron chi connectivity index (χ1n) is 14.0. The first kappa shape index (κ1) is 25.1. The molecule has 1 amide bonds. The van der Waals surface area contributed by atoms with Gasteiger partial charge in [0.1, 0.15) is 12.4 Å². The van der Waals surface area contributed by atoms with Gasteiger partial charge in [0, 0.05) is 61.3 Å². The SMILES string of the molecule is CN1CCC[C@H]1COc1nc2c(c(N3CCN[C@@H](CC#N)C3)n1)CCC1(CC(=O)N(c3ccccc3)C1)C2. The van der Waals surface area contributed by atoms with Crippen LogP contribution < -0.4 is 19.9 Å². The van der Waals surface area contributed by atoms with E-state index in [1.807, 2.05) is 35.2 Å². The van der Waals surface area contributed by atoms with Crippen LogP contribution in [-0.4, -0.2) is 79.2 Å². The van der Waals surface area contributed by atoms with Crippen LogP contribution in [0.1, 0.15) is 43.4 Å². The predicted octanol–water partition coefficient (Wildman–Crippen LogP) is 2.55. The van der Waals surface area contributed by atoms with E-state index in [0.717, 1.165) is 75.6 Å². The van der Waals surface area contributed by atoms with Crippen LogP contribution in [0, 0.1) is 16.7 Å². The first-order valence-corrected chi connectivity index (χ1v) is 14.0. The summed E-state index contributed by atoms with van der Waals surface area (Å²) in [5.74, 6) is 1.14. The molecule has 1 N–H and O–H groups in total. The van der Waals surface area contributed by atoms with Gasteiger partial charge in [-0.2, -0.15) is 15.2 Å². The maximum Gasteiger partial charge on any atom is 0.318 e. The summed E-state index contributed by atoms with van der Waals surface area (Å²) in [5.41, 5.74) is 3.05. The van der Waals surface area contributed by atoms with Gasteiger partial charge in [0.05, 0.1) is 18.2 Å². The number of aromatic nitrogens is 2. The Bertz CT molecular complexity index is 1220. The number of likely N-dealkylation sites (tertiary alicyclic amines) is 1. The van der Waals surface area contributed by atoms with Crippen molar-refractivity contribution in [1.82, 2.24) is 20.2 Å². The second-order valence-corrected chi connectivity index (χ2v) is 11.5. The number of piperazine rings is 1. The zero-order valence-electron chi connectivity index (χ0n) is 22.2.